The number of carbonyl (C=O) groups is 1. The van der Waals surface area contributed by atoms with E-state index in [-0.39, 0.29) is 5.82 Å². The van der Waals surface area contributed by atoms with Crippen LogP contribution in [0.2, 0.25) is 0 Å². The average molecular weight is 248 g/mol. The maximum Gasteiger partial charge on any atom is 0.311 e. The van der Waals surface area contributed by atoms with Gasteiger partial charge in [-0.15, -0.1) is 0 Å². The topological polar surface area (TPSA) is 55.1 Å². The lowest BCUT2D eigenvalue weighted by Crippen LogP contribution is -2.14. The largest absolute Gasteiger partial charge is 0.481 e. The van der Waals surface area contributed by atoms with E-state index < -0.39 is 11.9 Å². The Kier molecular flexibility index (Phi) is 3.41. The number of hydrogen-bond donors (Lipinski definition) is 1. The fourth-order valence-corrected chi connectivity index (χ4v) is 1.86. The zero-order valence-corrected chi connectivity index (χ0v) is 9.88. The Morgan fingerprint density at radius 1 is 1.44 bits per heavy atom. The Bertz CT molecular complexity index is 548. The number of halogens is 1. The van der Waals surface area contributed by atoms with Crippen LogP contribution in [0.5, 0.6) is 0 Å². The summed E-state index contributed by atoms with van der Waals surface area (Å²) in [5.74, 6) is -1.98. The first-order valence-electron chi connectivity index (χ1n) is 5.52. The normalized spacial score (nSPS) is 12.3. The van der Waals surface area contributed by atoms with Crippen LogP contribution in [0.25, 0.3) is 0 Å². The molecule has 0 aliphatic carbocycles. The molecule has 2 rings (SSSR count). The zero-order valence-electron chi connectivity index (χ0n) is 9.88. The number of carboxylic acids is 1. The molecular weight excluding hydrogens is 235 g/mol. The first kappa shape index (κ1) is 12.3. The fourth-order valence-electron chi connectivity index (χ4n) is 1.86. The van der Waals surface area contributed by atoms with E-state index in [1.54, 1.807) is 24.1 Å². The minimum absolute atomic E-state index is 0.342. The van der Waals surface area contributed by atoms with Crippen LogP contribution in [0, 0.1) is 5.82 Å². The summed E-state index contributed by atoms with van der Waals surface area (Å²) in [5, 5.41) is 13.2. The van der Waals surface area contributed by atoms with Crippen molar-refractivity contribution < 1.29 is 14.3 Å². The molecule has 0 saturated carbocycles. The lowest BCUT2D eigenvalue weighted by atomic mass is 9.93. The third-order valence-corrected chi connectivity index (χ3v) is 2.77. The molecule has 2 aromatic rings. The predicted octanol–water partition coefficient (Wildman–Crippen LogP) is 1.97. The van der Waals surface area contributed by atoms with Crippen molar-refractivity contribution in [3.05, 3.63) is 53.6 Å². The van der Waals surface area contributed by atoms with E-state index >= 15 is 0 Å². The van der Waals surface area contributed by atoms with Crippen LogP contribution in [0.15, 0.2) is 36.7 Å². The number of aromatic nitrogens is 2. The van der Waals surface area contributed by atoms with Crippen molar-refractivity contribution >= 4 is 5.97 Å². The molecule has 1 unspecified atom stereocenters. The van der Waals surface area contributed by atoms with Crippen molar-refractivity contribution in [2.45, 2.75) is 12.3 Å². The second-order valence-corrected chi connectivity index (χ2v) is 4.17. The second-order valence-electron chi connectivity index (χ2n) is 4.17. The number of aryl methyl sites for hydroxylation is 1. The summed E-state index contributed by atoms with van der Waals surface area (Å²) in [7, 11) is 1.77. The molecule has 1 heterocycles. The van der Waals surface area contributed by atoms with E-state index in [1.165, 1.54) is 24.3 Å². The molecule has 4 nitrogen and oxygen atoms in total. The first-order valence-corrected chi connectivity index (χ1v) is 5.52. The van der Waals surface area contributed by atoms with Gasteiger partial charge in [-0.1, -0.05) is 12.1 Å². The molecule has 18 heavy (non-hydrogen) atoms. The molecular formula is C13H13FN2O2. The molecule has 0 aliphatic heterocycles. The highest BCUT2D eigenvalue weighted by atomic mass is 19.1. The van der Waals surface area contributed by atoms with Crippen LogP contribution in [0.1, 0.15) is 17.0 Å². The van der Waals surface area contributed by atoms with Gasteiger partial charge in [-0.2, -0.15) is 5.10 Å². The summed E-state index contributed by atoms with van der Waals surface area (Å²) in [6, 6.07) is 5.55. The Labute approximate surface area is 104 Å². The van der Waals surface area contributed by atoms with Gasteiger partial charge in [-0.25, -0.2) is 4.39 Å². The van der Waals surface area contributed by atoms with Gasteiger partial charge in [0.25, 0.3) is 0 Å². The van der Waals surface area contributed by atoms with Crippen LogP contribution in [0.4, 0.5) is 4.39 Å². The van der Waals surface area contributed by atoms with Gasteiger partial charge >= 0.3 is 5.97 Å². The quantitative estimate of drug-likeness (QED) is 0.900. The van der Waals surface area contributed by atoms with Gasteiger partial charge in [-0.3, -0.25) is 9.48 Å². The maximum absolute atomic E-state index is 12.8. The minimum atomic E-state index is -0.925. The smallest absolute Gasteiger partial charge is 0.311 e. The average Bonchev–Trinajstić information content (AvgIpc) is 2.73. The Morgan fingerprint density at radius 3 is 2.61 bits per heavy atom. The highest BCUT2D eigenvalue weighted by molar-refractivity contribution is 5.76. The molecule has 0 bridgehead atoms. The summed E-state index contributed by atoms with van der Waals surface area (Å²) in [6.07, 6.45) is 3.76. The van der Waals surface area contributed by atoms with Crippen LogP contribution < -0.4 is 0 Å². The number of benzene rings is 1. The van der Waals surface area contributed by atoms with Crippen molar-refractivity contribution in [2.24, 2.45) is 7.05 Å². The number of hydrogen-bond acceptors (Lipinski definition) is 2. The van der Waals surface area contributed by atoms with Crippen molar-refractivity contribution in [3.63, 3.8) is 0 Å². The minimum Gasteiger partial charge on any atom is -0.481 e. The molecule has 0 saturated heterocycles. The van der Waals surface area contributed by atoms with Gasteiger partial charge in [0.2, 0.25) is 0 Å². The lowest BCUT2D eigenvalue weighted by molar-refractivity contribution is -0.138. The van der Waals surface area contributed by atoms with Crippen LogP contribution in [-0.2, 0) is 18.3 Å². The van der Waals surface area contributed by atoms with E-state index in [1.807, 2.05) is 0 Å². The molecule has 94 valence electrons. The van der Waals surface area contributed by atoms with Crippen molar-refractivity contribution in [2.75, 3.05) is 0 Å². The lowest BCUT2D eigenvalue weighted by Gasteiger charge is -2.11. The number of aliphatic carboxylic acids is 1. The molecule has 1 N–H and O–H groups in total. The van der Waals surface area contributed by atoms with Gasteiger partial charge in [0.15, 0.2) is 0 Å². The molecule has 1 aromatic carbocycles. The third-order valence-electron chi connectivity index (χ3n) is 2.77. The first-order chi connectivity index (χ1) is 8.56. The van der Waals surface area contributed by atoms with E-state index in [4.69, 9.17) is 0 Å². The molecule has 0 radical (unpaired) electrons. The number of carboxylic acid groups (broad SMARTS) is 1. The number of nitrogens with zero attached hydrogens (tertiary/aromatic N) is 2. The van der Waals surface area contributed by atoms with E-state index in [0.29, 0.717) is 12.0 Å². The molecule has 0 aliphatic rings. The molecule has 0 fully saturated rings. The summed E-state index contributed by atoms with van der Waals surface area (Å²) >= 11 is 0. The van der Waals surface area contributed by atoms with Gasteiger partial charge in [0.05, 0.1) is 12.1 Å². The highest BCUT2D eigenvalue weighted by Crippen LogP contribution is 2.21. The SMILES string of the molecule is Cn1cc(CC(C(=O)O)c2ccc(F)cc2)cn1. The van der Waals surface area contributed by atoms with Crippen molar-refractivity contribution in [1.82, 2.24) is 9.78 Å². The highest BCUT2D eigenvalue weighted by Gasteiger charge is 2.20. The van der Waals surface area contributed by atoms with E-state index in [9.17, 15) is 14.3 Å². The zero-order chi connectivity index (χ0) is 13.1. The maximum atomic E-state index is 12.8. The Hall–Kier alpha value is -2.17. The summed E-state index contributed by atoms with van der Waals surface area (Å²) in [5.41, 5.74) is 1.43. The summed E-state index contributed by atoms with van der Waals surface area (Å²) in [6.45, 7) is 0. The Balaban J connectivity index is 2.23. The van der Waals surface area contributed by atoms with Crippen molar-refractivity contribution in [1.29, 1.82) is 0 Å². The fraction of sp³-hybridized carbons (Fsp3) is 0.231. The predicted molar refractivity (Wildman–Crippen MR) is 63.7 cm³/mol. The number of rotatable bonds is 4. The van der Waals surface area contributed by atoms with E-state index in [2.05, 4.69) is 5.10 Å². The monoisotopic (exact) mass is 248 g/mol. The molecule has 1 atom stereocenters. The summed E-state index contributed by atoms with van der Waals surface area (Å²) < 4.78 is 14.4. The molecule has 0 amide bonds. The second kappa shape index (κ2) is 5.00. The summed E-state index contributed by atoms with van der Waals surface area (Å²) in [4.78, 5) is 11.3. The van der Waals surface area contributed by atoms with Crippen LogP contribution in [-0.4, -0.2) is 20.9 Å². The van der Waals surface area contributed by atoms with Gasteiger partial charge in [0, 0.05) is 13.2 Å². The molecule has 5 heteroatoms. The van der Waals surface area contributed by atoms with Crippen LogP contribution >= 0.6 is 0 Å². The molecule has 1 aromatic heterocycles. The standard InChI is InChI=1S/C13H13FN2O2/c1-16-8-9(7-15-16)6-12(13(17)18)10-2-4-11(14)5-3-10/h2-5,7-8,12H,6H2,1H3,(H,17,18). The van der Waals surface area contributed by atoms with E-state index in [0.717, 1.165) is 5.56 Å². The van der Waals surface area contributed by atoms with Gasteiger partial charge < -0.3 is 5.11 Å². The third kappa shape index (κ3) is 2.74. The Morgan fingerprint density at radius 2 is 2.11 bits per heavy atom. The van der Waals surface area contributed by atoms with Crippen LogP contribution in [0.3, 0.4) is 0 Å². The van der Waals surface area contributed by atoms with Gasteiger partial charge in [0.1, 0.15) is 5.82 Å². The van der Waals surface area contributed by atoms with Gasteiger partial charge in [-0.05, 0) is 29.7 Å². The van der Waals surface area contributed by atoms with Crippen molar-refractivity contribution in [3.8, 4) is 0 Å². The molecule has 0 spiro atoms.